The van der Waals surface area contributed by atoms with Crippen molar-refractivity contribution >= 4 is 0 Å². The number of hydrogen-bond acceptors (Lipinski definition) is 2. The Balaban J connectivity index is 2.25. The van der Waals surface area contributed by atoms with Crippen molar-refractivity contribution in [2.75, 3.05) is 6.54 Å². The van der Waals surface area contributed by atoms with Crippen LogP contribution in [-0.2, 0) is 13.5 Å². The second-order valence-electron chi connectivity index (χ2n) is 6.77. The van der Waals surface area contributed by atoms with E-state index in [1.165, 1.54) is 30.5 Å². The first-order valence-corrected chi connectivity index (χ1v) is 8.30. The number of nitrogens with one attached hydrogen (secondary N) is 1. The van der Waals surface area contributed by atoms with Crippen molar-refractivity contribution in [2.24, 2.45) is 24.8 Å². The average molecular weight is 277 g/mol. The highest BCUT2D eigenvalue weighted by Crippen LogP contribution is 2.40. The lowest BCUT2D eigenvalue weighted by atomic mass is 9.72. The van der Waals surface area contributed by atoms with Crippen molar-refractivity contribution in [2.45, 2.75) is 59.4 Å². The van der Waals surface area contributed by atoms with Gasteiger partial charge in [-0.2, -0.15) is 5.10 Å². The first kappa shape index (κ1) is 15.6. The van der Waals surface area contributed by atoms with Crippen LogP contribution in [0.3, 0.4) is 0 Å². The Hall–Kier alpha value is -0.830. The highest BCUT2D eigenvalue weighted by molar-refractivity contribution is 5.22. The van der Waals surface area contributed by atoms with Gasteiger partial charge in [0.15, 0.2) is 0 Å². The Morgan fingerprint density at radius 2 is 1.90 bits per heavy atom. The molecule has 114 valence electrons. The molecule has 1 saturated carbocycles. The summed E-state index contributed by atoms with van der Waals surface area (Å²) >= 11 is 0. The van der Waals surface area contributed by atoms with Gasteiger partial charge in [-0.25, -0.2) is 0 Å². The maximum absolute atomic E-state index is 4.64. The van der Waals surface area contributed by atoms with Crippen molar-refractivity contribution in [3.05, 3.63) is 17.5 Å². The van der Waals surface area contributed by atoms with Gasteiger partial charge in [0.05, 0.1) is 5.69 Å². The molecule has 3 atom stereocenters. The van der Waals surface area contributed by atoms with E-state index in [1.54, 1.807) is 0 Å². The summed E-state index contributed by atoms with van der Waals surface area (Å²) < 4.78 is 1.98. The molecule has 0 bridgehead atoms. The number of rotatable bonds is 5. The molecule has 1 aliphatic carbocycles. The Kier molecular flexibility index (Phi) is 5.25. The summed E-state index contributed by atoms with van der Waals surface area (Å²) in [5.74, 6) is 2.46. The van der Waals surface area contributed by atoms with Gasteiger partial charge < -0.3 is 5.32 Å². The van der Waals surface area contributed by atoms with Crippen LogP contribution in [0.4, 0.5) is 0 Å². The minimum Gasteiger partial charge on any atom is -0.310 e. The first-order valence-electron chi connectivity index (χ1n) is 8.30. The maximum atomic E-state index is 4.64. The molecule has 1 fully saturated rings. The summed E-state index contributed by atoms with van der Waals surface area (Å²) in [7, 11) is 2.04. The molecule has 3 unspecified atom stereocenters. The quantitative estimate of drug-likeness (QED) is 0.889. The van der Waals surface area contributed by atoms with E-state index < -0.39 is 0 Å². The van der Waals surface area contributed by atoms with Crippen molar-refractivity contribution in [1.29, 1.82) is 0 Å². The van der Waals surface area contributed by atoms with Gasteiger partial charge in [0, 0.05) is 24.8 Å². The topological polar surface area (TPSA) is 29.9 Å². The maximum Gasteiger partial charge on any atom is 0.0669 e. The van der Waals surface area contributed by atoms with Crippen molar-refractivity contribution in [3.63, 3.8) is 0 Å². The Morgan fingerprint density at radius 1 is 1.25 bits per heavy atom. The molecule has 1 aromatic heterocycles. The molecule has 2 rings (SSSR count). The zero-order chi connectivity index (χ0) is 14.7. The summed E-state index contributed by atoms with van der Waals surface area (Å²) in [6, 6.07) is 0.480. The highest BCUT2D eigenvalue weighted by atomic mass is 15.3. The van der Waals surface area contributed by atoms with Crippen LogP contribution in [0.15, 0.2) is 6.20 Å². The smallest absolute Gasteiger partial charge is 0.0669 e. The monoisotopic (exact) mass is 277 g/mol. The summed E-state index contributed by atoms with van der Waals surface area (Å²) in [5.41, 5.74) is 2.70. The summed E-state index contributed by atoms with van der Waals surface area (Å²) in [5, 5.41) is 8.39. The Morgan fingerprint density at radius 3 is 2.45 bits per heavy atom. The van der Waals surface area contributed by atoms with Crippen molar-refractivity contribution in [3.8, 4) is 0 Å². The number of nitrogens with zero attached hydrogens (tertiary/aromatic N) is 2. The van der Waals surface area contributed by atoms with Crippen LogP contribution in [-0.4, -0.2) is 16.3 Å². The van der Waals surface area contributed by atoms with Gasteiger partial charge in [-0.05, 0) is 50.0 Å². The third kappa shape index (κ3) is 3.43. The van der Waals surface area contributed by atoms with E-state index in [2.05, 4.69) is 44.3 Å². The SMILES string of the molecule is CCNC(c1cn(C)nc1CC)C1CC(C)CC(C)C1. The number of aryl methyl sites for hydroxylation is 2. The molecule has 1 aromatic rings. The lowest BCUT2D eigenvalue weighted by Crippen LogP contribution is -2.33. The van der Waals surface area contributed by atoms with Gasteiger partial charge >= 0.3 is 0 Å². The Labute approximate surface area is 124 Å². The fourth-order valence-electron chi connectivity index (χ4n) is 4.12. The molecule has 1 heterocycles. The predicted octanol–water partition coefficient (Wildman–Crippen LogP) is 3.71. The van der Waals surface area contributed by atoms with Gasteiger partial charge in [-0.1, -0.05) is 27.7 Å². The second kappa shape index (κ2) is 6.75. The lowest BCUT2D eigenvalue weighted by molar-refractivity contribution is 0.177. The lowest BCUT2D eigenvalue weighted by Gasteiger charge is -2.37. The van der Waals surface area contributed by atoms with Gasteiger partial charge in [0.25, 0.3) is 0 Å². The normalized spacial score (nSPS) is 28.6. The highest BCUT2D eigenvalue weighted by Gasteiger charge is 2.32. The Bertz CT molecular complexity index is 414. The molecular weight excluding hydrogens is 246 g/mol. The van der Waals surface area contributed by atoms with Gasteiger partial charge in [-0.15, -0.1) is 0 Å². The second-order valence-corrected chi connectivity index (χ2v) is 6.77. The third-order valence-corrected chi connectivity index (χ3v) is 4.72. The van der Waals surface area contributed by atoms with Crippen LogP contribution in [0.25, 0.3) is 0 Å². The van der Waals surface area contributed by atoms with Gasteiger partial charge in [0.2, 0.25) is 0 Å². The van der Waals surface area contributed by atoms with E-state index in [4.69, 9.17) is 0 Å². The summed E-state index contributed by atoms with van der Waals surface area (Å²) in [4.78, 5) is 0. The number of aromatic nitrogens is 2. The van der Waals surface area contributed by atoms with E-state index >= 15 is 0 Å². The first-order chi connectivity index (χ1) is 9.55. The van der Waals surface area contributed by atoms with Crippen LogP contribution in [0.5, 0.6) is 0 Å². The van der Waals surface area contributed by atoms with Crippen LogP contribution >= 0.6 is 0 Å². The third-order valence-electron chi connectivity index (χ3n) is 4.72. The van der Waals surface area contributed by atoms with Crippen molar-refractivity contribution in [1.82, 2.24) is 15.1 Å². The zero-order valence-corrected chi connectivity index (χ0v) is 13.8. The van der Waals surface area contributed by atoms with Crippen LogP contribution in [0.2, 0.25) is 0 Å². The molecule has 1 N–H and O–H groups in total. The predicted molar refractivity (Wildman–Crippen MR) is 84.7 cm³/mol. The van der Waals surface area contributed by atoms with Crippen molar-refractivity contribution < 1.29 is 0 Å². The van der Waals surface area contributed by atoms with E-state index in [0.29, 0.717) is 6.04 Å². The molecule has 0 aliphatic heterocycles. The number of hydrogen-bond donors (Lipinski definition) is 1. The summed E-state index contributed by atoms with van der Waals surface area (Å²) in [6.07, 6.45) is 7.34. The minimum absolute atomic E-state index is 0.480. The van der Waals surface area contributed by atoms with Gasteiger partial charge in [-0.3, -0.25) is 4.68 Å². The molecule has 3 heteroatoms. The summed E-state index contributed by atoms with van der Waals surface area (Å²) in [6.45, 7) is 10.3. The fourth-order valence-corrected chi connectivity index (χ4v) is 4.12. The average Bonchev–Trinajstić information content (AvgIpc) is 2.75. The van der Waals surface area contributed by atoms with E-state index in [-0.39, 0.29) is 0 Å². The molecule has 0 aromatic carbocycles. The molecule has 0 spiro atoms. The standard InChI is InChI=1S/C17H31N3/c1-6-16-15(11-20(5)19-16)17(18-7-2)14-9-12(3)8-13(4)10-14/h11-14,17-18H,6-10H2,1-5H3. The molecule has 20 heavy (non-hydrogen) atoms. The minimum atomic E-state index is 0.480. The van der Waals surface area contributed by atoms with Crippen LogP contribution < -0.4 is 5.32 Å². The van der Waals surface area contributed by atoms with E-state index in [0.717, 1.165) is 30.7 Å². The molecule has 0 radical (unpaired) electrons. The molecule has 0 amide bonds. The zero-order valence-electron chi connectivity index (χ0n) is 13.8. The largest absolute Gasteiger partial charge is 0.310 e. The van der Waals surface area contributed by atoms with Gasteiger partial charge in [0.1, 0.15) is 0 Å². The molecule has 0 saturated heterocycles. The fraction of sp³-hybridized carbons (Fsp3) is 0.824. The van der Waals surface area contributed by atoms with E-state index in [9.17, 15) is 0 Å². The molecular formula is C17H31N3. The molecule has 1 aliphatic rings. The van der Waals surface area contributed by atoms with E-state index in [1.807, 2.05) is 11.7 Å². The molecule has 3 nitrogen and oxygen atoms in total. The van der Waals surface area contributed by atoms with Crippen LogP contribution in [0, 0.1) is 17.8 Å². The van der Waals surface area contributed by atoms with Crippen LogP contribution in [0.1, 0.15) is 64.3 Å².